The standard InChI is InChI=1S/C14H18ClNO4S/c1-10-9-12(21(15,18)19)4-5-13(10)14(17)16-7-6-11-3-2-8-20-11/h4-5,9,11H,2-3,6-8H2,1H3,(H,16,17). The highest BCUT2D eigenvalue weighted by atomic mass is 35.7. The van der Waals surface area contributed by atoms with Gasteiger partial charge < -0.3 is 10.1 Å². The van der Waals surface area contributed by atoms with Crippen LogP contribution in [-0.2, 0) is 13.8 Å². The quantitative estimate of drug-likeness (QED) is 0.840. The van der Waals surface area contributed by atoms with Crippen molar-refractivity contribution in [1.82, 2.24) is 5.32 Å². The second kappa shape index (κ2) is 6.77. The van der Waals surface area contributed by atoms with Gasteiger partial charge in [-0.2, -0.15) is 0 Å². The highest BCUT2D eigenvalue weighted by Gasteiger charge is 2.17. The average molecular weight is 332 g/mol. The van der Waals surface area contributed by atoms with Gasteiger partial charge in [0, 0.05) is 29.4 Å². The SMILES string of the molecule is Cc1cc(S(=O)(=O)Cl)ccc1C(=O)NCCC1CCCO1. The lowest BCUT2D eigenvalue weighted by atomic mass is 10.1. The number of aryl methyl sites for hydroxylation is 1. The second-order valence-corrected chi connectivity index (χ2v) is 7.66. The number of amides is 1. The van der Waals surface area contributed by atoms with E-state index in [0.29, 0.717) is 17.7 Å². The fourth-order valence-electron chi connectivity index (χ4n) is 2.36. The molecule has 0 aromatic heterocycles. The summed E-state index contributed by atoms with van der Waals surface area (Å²) in [5.74, 6) is -0.219. The van der Waals surface area contributed by atoms with Crippen LogP contribution in [0.3, 0.4) is 0 Å². The number of halogens is 1. The molecule has 1 amide bonds. The molecule has 0 saturated carbocycles. The van der Waals surface area contributed by atoms with Crippen molar-refractivity contribution in [2.45, 2.75) is 37.2 Å². The third-order valence-electron chi connectivity index (χ3n) is 3.50. The molecule has 0 spiro atoms. The lowest BCUT2D eigenvalue weighted by Crippen LogP contribution is -2.27. The fourth-order valence-corrected chi connectivity index (χ4v) is 3.19. The molecule has 0 bridgehead atoms. The van der Waals surface area contributed by atoms with Crippen LogP contribution in [0.5, 0.6) is 0 Å². The van der Waals surface area contributed by atoms with Crippen molar-refractivity contribution < 1.29 is 17.9 Å². The summed E-state index contributed by atoms with van der Waals surface area (Å²) in [7, 11) is 1.50. The third kappa shape index (κ3) is 4.43. The van der Waals surface area contributed by atoms with E-state index in [-0.39, 0.29) is 16.9 Å². The van der Waals surface area contributed by atoms with E-state index in [9.17, 15) is 13.2 Å². The Labute approximate surface area is 129 Å². The van der Waals surface area contributed by atoms with Crippen LogP contribution in [0.4, 0.5) is 0 Å². The molecule has 2 rings (SSSR count). The smallest absolute Gasteiger partial charge is 0.261 e. The Morgan fingerprint density at radius 2 is 2.24 bits per heavy atom. The highest BCUT2D eigenvalue weighted by Crippen LogP contribution is 2.19. The van der Waals surface area contributed by atoms with E-state index in [0.717, 1.165) is 25.9 Å². The molecule has 0 aliphatic carbocycles. The number of carbonyl (C=O) groups is 1. The van der Waals surface area contributed by atoms with Gasteiger partial charge in [0.2, 0.25) is 0 Å². The van der Waals surface area contributed by atoms with Crippen molar-refractivity contribution in [1.29, 1.82) is 0 Å². The Kier molecular flexibility index (Phi) is 5.24. The van der Waals surface area contributed by atoms with E-state index in [1.807, 2.05) is 0 Å². The number of ether oxygens (including phenoxy) is 1. The van der Waals surface area contributed by atoms with Crippen molar-refractivity contribution in [3.63, 3.8) is 0 Å². The van der Waals surface area contributed by atoms with Crippen LogP contribution in [0.1, 0.15) is 35.2 Å². The zero-order chi connectivity index (χ0) is 15.5. The van der Waals surface area contributed by atoms with Crippen molar-refractivity contribution in [3.05, 3.63) is 29.3 Å². The van der Waals surface area contributed by atoms with E-state index in [2.05, 4.69) is 5.32 Å². The number of rotatable bonds is 5. The first-order valence-corrected chi connectivity index (χ1v) is 9.14. The molecule has 1 unspecified atom stereocenters. The van der Waals surface area contributed by atoms with Gasteiger partial charge in [0.1, 0.15) is 0 Å². The van der Waals surface area contributed by atoms with E-state index < -0.39 is 9.05 Å². The van der Waals surface area contributed by atoms with Crippen LogP contribution in [0.25, 0.3) is 0 Å². The predicted molar refractivity (Wildman–Crippen MR) is 80.1 cm³/mol. The predicted octanol–water partition coefficient (Wildman–Crippen LogP) is 2.22. The van der Waals surface area contributed by atoms with Crippen LogP contribution in [-0.4, -0.2) is 33.6 Å². The molecule has 0 radical (unpaired) electrons. The molecule has 1 aromatic rings. The van der Waals surface area contributed by atoms with Crippen LogP contribution in [0.15, 0.2) is 23.1 Å². The van der Waals surface area contributed by atoms with Crippen molar-refractivity contribution in [2.75, 3.05) is 13.2 Å². The zero-order valence-electron chi connectivity index (χ0n) is 11.8. The monoisotopic (exact) mass is 331 g/mol. The second-order valence-electron chi connectivity index (χ2n) is 5.09. The summed E-state index contributed by atoms with van der Waals surface area (Å²) in [5, 5.41) is 2.82. The molecule has 5 nitrogen and oxygen atoms in total. The summed E-state index contributed by atoms with van der Waals surface area (Å²) in [6.07, 6.45) is 3.14. The minimum atomic E-state index is -3.77. The fraction of sp³-hybridized carbons (Fsp3) is 0.500. The van der Waals surface area contributed by atoms with Gasteiger partial charge in [-0.1, -0.05) is 0 Å². The van der Waals surface area contributed by atoms with Gasteiger partial charge in [0.25, 0.3) is 15.0 Å². The Morgan fingerprint density at radius 1 is 1.48 bits per heavy atom. The first-order chi connectivity index (χ1) is 9.88. The molecule has 116 valence electrons. The van der Waals surface area contributed by atoms with E-state index >= 15 is 0 Å². The Bertz CT molecular complexity index is 624. The number of benzene rings is 1. The van der Waals surface area contributed by atoms with Gasteiger partial charge in [-0.15, -0.1) is 0 Å². The normalized spacial score (nSPS) is 18.7. The average Bonchev–Trinajstić information content (AvgIpc) is 2.90. The Balaban J connectivity index is 1.95. The van der Waals surface area contributed by atoms with Crippen LogP contribution in [0.2, 0.25) is 0 Å². The molecule has 1 heterocycles. The van der Waals surface area contributed by atoms with E-state index in [4.69, 9.17) is 15.4 Å². The lowest BCUT2D eigenvalue weighted by Gasteiger charge is -2.11. The summed E-state index contributed by atoms with van der Waals surface area (Å²) in [5.41, 5.74) is 1.03. The van der Waals surface area contributed by atoms with Crippen LogP contribution in [0, 0.1) is 6.92 Å². The number of carbonyl (C=O) groups excluding carboxylic acids is 1. The van der Waals surface area contributed by atoms with Crippen LogP contribution >= 0.6 is 10.7 Å². The van der Waals surface area contributed by atoms with Gasteiger partial charge in [-0.25, -0.2) is 8.42 Å². The molecule has 1 aromatic carbocycles. The molecule has 1 aliphatic rings. The molecule has 1 atom stereocenters. The molecule has 1 fully saturated rings. The first kappa shape index (κ1) is 16.3. The minimum absolute atomic E-state index is 0.00225. The van der Waals surface area contributed by atoms with Gasteiger partial charge >= 0.3 is 0 Å². The van der Waals surface area contributed by atoms with Gasteiger partial charge in [-0.05, 0) is 49.9 Å². The summed E-state index contributed by atoms with van der Waals surface area (Å²) in [6, 6.07) is 4.22. The topological polar surface area (TPSA) is 72.5 Å². The van der Waals surface area contributed by atoms with E-state index in [1.165, 1.54) is 18.2 Å². The number of nitrogens with one attached hydrogen (secondary N) is 1. The maximum atomic E-state index is 12.1. The highest BCUT2D eigenvalue weighted by molar-refractivity contribution is 8.13. The zero-order valence-corrected chi connectivity index (χ0v) is 13.3. The number of hydrogen-bond donors (Lipinski definition) is 1. The van der Waals surface area contributed by atoms with Gasteiger partial charge in [0.15, 0.2) is 0 Å². The summed E-state index contributed by atoms with van der Waals surface area (Å²) < 4.78 is 28.0. The lowest BCUT2D eigenvalue weighted by molar-refractivity contribution is 0.0906. The molecule has 7 heteroatoms. The molecular weight excluding hydrogens is 314 g/mol. The number of hydrogen-bond acceptors (Lipinski definition) is 4. The minimum Gasteiger partial charge on any atom is -0.378 e. The summed E-state index contributed by atoms with van der Waals surface area (Å²) in [4.78, 5) is 12.1. The first-order valence-electron chi connectivity index (χ1n) is 6.83. The van der Waals surface area contributed by atoms with Crippen molar-refractivity contribution >= 4 is 25.6 Å². The largest absolute Gasteiger partial charge is 0.378 e. The maximum Gasteiger partial charge on any atom is 0.261 e. The molecule has 21 heavy (non-hydrogen) atoms. The van der Waals surface area contributed by atoms with Crippen LogP contribution < -0.4 is 5.32 Å². The summed E-state index contributed by atoms with van der Waals surface area (Å²) in [6.45, 7) is 3.02. The summed E-state index contributed by atoms with van der Waals surface area (Å²) >= 11 is 0. The molecule has 1 aliphatic heterocycles. The van der Waals surface area contributed by atoms with Crippen molar-refractivity contribution in [3.8, 4) is 0 Å². The third-order valence-corrected chi connectivity index (χ3v) is 4.85. The Morgan fingerprint density at radius 3 is 2.81 bits per heavy atom. The van der Waals surface area contributed by atoms with Gasteiger partial charge in [0.05, 0.1) is 11.0 Å². The maximum absolute atomic E-state index is 12.1. The van der Waals surface area contributed by atoms with Gasteiger partial charge in [-0.3, -0.25) is 4.79 Å². The Hall–Kier alpha value is -1.11. The molecule has 1 N–H and O–H groups in total. The molecule has 1 saturated heterocycles. The van der Waals surface area contributed by atoms with Crippen molar-refractivity contribution in [2.24, 2.45) is 0 Å². The molecular formula is C14H18ClNO4S. The van der Waals surface area contributed by atoms with E-state index in [1.54, 1.807) is 6.92 Å².